The first-order valence-electron chi connectivity index (χ1n) is 10.3. The molecule has 2 amide bonds. The van der Waals surface area contributed by atoms with Gasteiger partial charge in [-0.25, -0.2) is 0 Å². The Hall–Kier alpha value is -2.82. The summed E-state index contributed by atoms with van der Waals surface area (Å²) in [6.45, 7) is 9.16. The highest BCUT2D eigenvalue weighted by atomic mass is 16.5. The van der Waals surface area contributed by atoms with Gasteiger partial charge in [-0.15, -0.1) is 0 Å². The van der Waals surface area contributed by atoms with Crippen molar-refractivity contribution in [2.75, 3.05) is 11.4 Å². The van der Waals surface area contributed by atoms with Crippen molar-refractivity contribution in [2.45, 2.75) is 59.1 Å². The molecule has 1 fully saturated rings. The minimum atomic E-state index is -0.599. The number of benzene rings is 2. The second-order valence-corrected chi connectivity index (χ2v) is 7.99. The number of nitrogens with zero attached hydrogens (tertiary/aromatic N) is 1. The van der Waals surface area contributed by atoms with E-state index in [2.05, 4.69) is 31.3 Å². The standard InChI is InChI=1S/C24H30N2O3/c1-16(2)21-11-10-17(3)13-22(21)29-18(4)24(28)25-15-19-7-5-8-20(14-19)26-12-6-9-23(26)27/h5,7-8,10-11,13-14,16,18H,6,9,12,15H2,1-4H3,(H,25,28)/t18-/m1/s1. The molecule has 2 aromatic rings. The molecule has 1 aliphatic rings. The lowest BCUT2D eigenvalue weighted by Crippen LogP contribution is -2.36. The van der Waals surface area contributed by atoms with E-state index in [1.165, 1.54) is 0 Å². The summed E-state index contributed by atoms with van der Waals surface area (Å²) in [5.41, 5.74) is 4.05. The Kier molecular flexibility index (Phi) is 6.57. The van der Waals surface area contributed by atoms with Crippen LogP contribution in [0.4, 0.5) is 5.69 Å². The Morgan fingerprint density at radius 2 is 1.97 bits per heavy atom. The molecule has 1 heterocycles. The van der Waals surface area contributed by atoms with Crippen molar-refractivity contribution in [2.24, 2.45) is 0 Å². The van der Waals surface area contributed by atoms with Gasteiger partial charge in [0.15, 0.2) is 6.10 Å². The van der Waals surface area contributed by atoms with Crippen molar-refractivity contribution in [3.8, 4) is 5.75 Å². The molecule has 2 aromatic carbocycles. The van der Waals surface area contributed by atoms with Crippen LogP contribution in [-0.4, -0.2) is 24.5 Å². The lowest BCUT2D eigenvalue weighted by Gasteiger charge is -2.20. The van der Waals surface area contributed by atoms with Gasteiger partial charge in [0.05, 0.1) is 0 Å². The summed E-state index contributed by atoms with van der Waals surface area (Å²) in [5, 5.41) is 2.94. The Labute approximate surface area is 173 Å². The van der Waals surface area contributed by atoms with E-state index in [1.807, 2.05) is 42.2 Å². The second-order valence-electron chi connectivity index (χ2n) is 7.99. The first kappa shape index (κ1) is 20.9. The van der Waals surface area contributed by atoms with E-state index in [4.69, 9.17) is 4.74 Å². The number of aryl methyl sites for hydroxylation is 1. The van der Waals surface area contributed by atoms with Crippen LogP contribution >= 0.6 is 0 Å². The zero-order valence-corrected chi connectivity index (χ0v) is 17.7. The molecular formula is C24H30N2O3. The lowest BCUT2D eigenvalue weighted by atomic mass is 10.0. The van der Waals surface area contributed by atoms with E-state index < -0.39 is 6.10 Å². The maximum atomic E-state index is 12.6. The lowest BCUT2D eigenvalue weighted by molar-refractivity contribution is -0.127. The number of hydrogen-bond acceptors (Lipinski definition) is 3. The molecule has 3 rings (SSSR count). The van der Waals surface area contributed by atoms with Gasteiger partial charge >= 0.3 is 0 Å². The van der Waals surface area contributed by atoms with Gasteiger partial charge < -0.3 is 15.0 Å². The molecule has 0 saturated carbocycles. The normalized spacial score (nSPS) is 14.9. The first-order chi connectivity index (χ1) is 13.8. The third kappa shape index (κ3) is 5.17. The Morgan fingerprint density at radius 3 is 2.66 bits per heavy atom. The third-order valence-corrected chi connectivity index (χ3v) is 5.23. The van der Waals surface area contributed by atoms with E-state index in [-0.39, 0.29) is 11.8 Å². The highest BCUT2D eigenvalue weighted by molar-refractivity contribution is 5.95. The molecule has 154 valence electrons. The molecule has 0 radical (unpaired) electrons. The number of nitrogens with one attached hydrogen (secondary N) is 1. The van der Waals surface area contributed by atoms with Crippen LogP contribution in [0.2, 0.25) is 0 Å². The van der Waals surface area contributed by atoms with Crippen LogP contribution in [0.25, 0.3) is 0 Å². The number of rotatable bonds is 7. The Bertz CT molecular complexity index is 891. The van der Waals surface area contributed by atoms with Gasteiger partial charge in [0.2, 0.25) is 5.91 Å². The fourth-order valence-corrected chi connectivity index (χ4v) is 3.55. The van der Waals surface area contributed by atoms with Gasteiger partial charge in [-0.05, 0) is 61.1 Å². The van der Waals surface area contributed by atoms with E-state index in [0.717, 1.165) is 41.1 Å². The van der Waals surface area contributed by atoms with Crippen LogP contribution in [0.5, 0.6) is 5.75 Å². The summed E-state index contributed by atoms with van der Waals surface area (Å²) in [7, 11) is 0. The van der Waals surface area contributed by atoms with Crippen molar-refractivity contribution in [1.29, 1.82) is 0 Å². The van der Waals surface area contributed by atoms with Crippen molar-refractivity contribution in [3.05, 3.63) is 59.2 Å². The zero-order chi connectivity index (χ0) is 21.0. The van der Waals surface area contributed by atoms with E-state index in [0.29, 0.717) is 18.9 Å². The molecule has 1 aliphatic heterocycles. The topological polar surface area (TPSA) is 58.6 Å². The van der Waals surface area contributed by atoms with E-state index in [9.17, 15) is 9.59 Å². The van der Waals surface area contributed by atoms with Crippen LogP contribution < -0.4 is 15.0 Å². The number of carbonyl (C=O) groups is 2. The van der Waals surface area contributed by atoms with Gasteiger partial charge in [-0.1, -0.05) is 38.1 Å². The second kappa shape index (κ2) is 9.12. The molecular weight excluding hydrogens is 364 g/mol. The molecule has 29 heavy (non-hydrogen) atoms. The highest BCUT2D eigenvalue weighted by Gasteiger charge is 2.22. The molecule has 5 nitrogen and oxygen atoms in total. The van der Waals surface area contributed by atoms with Crippen molar-refractivity contribution < 1.29 is 14.3 Å². The summed E-state index contributed by atoms with van der Waals surface area (Å²) < 4.78 is 5.99. The van der Waals surface area contributed by atoms with Gasteiger partial charge in [0, 0.05) is 25.2 Å². The molecule has 0 aromatic heterocycles. The average Bonchev–Trinajstić information content (AvgIpc) is 3.12. The van der Waals surface area contributed by atoms with Crippen LogP contribution in [0.3, 0.4) is 0 Å². The summed E-state index contributed by atoms with van der Waals surface area (Å²) in [5.74, 6) is 1.07. The van der Waals surface area contributed by atoms with Gasteiger partial charge in [-0.2, -0.15) is 0 Å². The van der Waals surface area contributed by atoms with E-state index >= 15 is 0 Å². The quantitative estimate of drug-likeness (QED) is 0.760. The highest BCUT2D eigenvalue weighted by Crippen LogP contribution is 2.28. The maximum Gasteiger partial charge on any atom is 0.261 e. The molecule has 0 aliphatic carbocycles. The van der Waals surface area contributed by atoms with Crippen LogP contribution in [0, 0.1) is 6.92 Å². The van der Waals surface area contributed by atoms with Gasteiger partial charge in [-0.3, -0.25) is 9.59 Å². The van der Waals surface area contributed by atoms with Crippen molar-refractivity contribution >= 4 is 17.5 Å². The number of ether oxygens (including phenoxy) is 1. The van der Waals surface area contributed by atoms with Crippen LogP contribution in [0.1, 0.15) is 56.2 Å². The summed E-state index contributed by atoms with van der Waals surface area (Å²) in [4.78, 5) is 26.3. The number of carbonyl (C=O) groups excluding carboxylic acids is 2. The predicted molar refractivity (Wildman–Crippen MR) is 115 cm³/mol. The van der Waals surface area contributed by atoms with Crippen LogP contribution in [-0.2, 0) is 16.1 Å². The Balaban J connectivity index is 1.61. The smallest absolute Gasteiger partial charge is 0.261 e. The SMILES string of the molecule is Cc1ccc(C(C)C)c(O[C@H](C)C(=O)NCc2cccc(N3CCCC3=O)c2)c1. The number of anilines is 1. The monoisotopic (exact) mass is 394 g/mol. The summed E-state index contributed by atoms with van der Waals surface area (Å²) in [6, 6.07) is 13.9. The molecule has 1 saturated heterocycles. The number of amides is 2. The summed E-state index contributed by atoms with van der Waals surface area (Å²) in [6.07, 6.45) is 0.900. The van der Waals surface area contributed by atoms with Gasteiger partial charge in [0.1, 0.15) is 5.75 Å². The third-order valence-electron chi connectivity index (χ3n) is 5.23. The fraction of sp³-hybridized carbons (Fsp3) is 0.417. The Morgan fingerprint density at radius 1 is 1.17 bits per heavy atom. The summed E-state index contributed by atoms with van der Waals surface area (Å²) >= 11 is 0. The minimum Gasteiger partial charge on any atom is -0.481 e. The fourth-order valence-electron chi connectivity index (χ4n) is 3.55. The van der Waals surface area contributed by atoms with Crippen molar-refractivity contribution in [1.82, 2.24) is 5.32 Å². The average molecular weight is 395 g/mol. The predicted octanol–water partition coefficient (Wildman–Crippen LogP) is 4.33. The van der Waals surface area contributed by atoms with Crippen LogP contribution in [0.15, 0.2) is 42.5 Å². The van der Waals surface area contributed by atoms with E-state index in [1.54, 1.807) is 6.92 Å². The molecule has 1 N–H and O–H groups in total. The van der Waals surface area contributed by atoms with Gasteiger partial charge in [0.25, 0.3) is 5.91 Å². The van der Waals surface area contributed by atoms with Crippen molar-refractivity contribution in [3.63, 3.8) is 0 Å². The molecule has 0 spiro atoms. The number of hydrogen-bond donors (Lipinski definition) is 1. The minimum absolute atomic E-state index is 0.160. The maximum absolute atomic E-state index is 12.6. The molecule has 0 unspecified atom stereocenters. The molecule has 1 atom stereocenters. The molecule has 0 bridgehead atoms. The first-order valence-corrected chi connectivity index (χ1v) is 10.3. The zero-order valence-electron chi connectivity index (χ0n) is 17.7. The molecule has 5 heteroatoms. The largest absolute Gasteiger partial charge is 0.481 e.